The van der Waals surface area contributed by atoms with Gasteiger partial charge in [-0.15, -0.1) is 0 Å². The van der Waals surface area contributed by atoms with Crippen molar-refractivity contribution >= 4 is 15.9 Å². The molecule has 0 bridgehead atoms. The Labute approximate surface area is 111 Å². The molecule has 0 spiro atoms. The Balaban J connectivity index is 2.36. The van der Waals surface area contributed by atoms with E-state index >= 15 is 0 Å². The summed E-state index contributed by atoms with van der Waals surface area (Å²) >= 11 is 0. The molecule has 1 aliphatic carbocycles. The minimum atomic E-state index is -4.02. The predicted octanol–water partition coefficient (Wildman–Crippen LogP) is 1.35. The fourth-order valence-corrected chi connectivity index (χ4v) is 3.90. The summed E-state index contributed by atoms with van der Waals surface area (Å²) in [4.78, 5) is -0.414. The third kappa shape index (κ3) is 2.62. The second-order valence-corrected chi connectivity index (χ2v) is 6.39. The SMILES string of the molecule is N=C(N)C1(NS(=O)(=O)c2ccccc2F)CCCC1. The molecule has 1 aromatic carbocycles. The van der Waals surface area contributed by atoms with E-state index in [1.807, 2.05) is 0 Å². The predicted molar refractivity (Wildman–Crippen MR) is 69.8 cm³/mol. The van der Waals surface area contributed by atoms with Crippen LogP contribution in [-0.2, 0) is 10.0 Å². The van der Waals surface area contributed by atoms with E-state index in [0.717, 1.165) is 18.9 Å². The Morgan fingerprint density at radius 1 is 1.32 bits per heavy atom. The number of sulfonamides is 1. The van der Waals surface area contributed by atoms with E-state index in [4.69, 9.17) is 11.1 Å². The lowest BCUT2D eigenvalue weighted by atomic mass is 9.98. The van der Waals surface area contributed by atoms with Crippen molar-refractivity contribution < 1.29 is 12.8 Å². The van der Waals surface area contributed by atoms with Crippen LogP contribution in [0.1, 0.15) is 25.7 Å². The molecule has 0 saturated heterocycles. The van der Waals surface area contributed by atoms with Gasteiger partial charge in [0.15, 0.2) is 0 Å². The maximum Gasteiger partial charge on any atom is 0.244 e. The van der Waals surface area contributed by atoms with E-state index < -0.39 is 26.3 Å². The number of hydrogen-bond donors (Lipinski definition) is 3. The summed E-state index contributed by atoms with van der Waals surface area (Å²) in [5.41, 5.74) is 4.45. The lowest BCUT2D eigenvalue weighted by Gasteiger charge is -2.28. The molecule has 4 N–H and O–H groups in total. The van der Waals surface area contributed by atoms with E-state index in [9.17, 15) is 12.8 Å². The summed E-state index contributed by atoms with van der Waals surface area (Å²) in [5, 5.41) is 7.59. The molecule has 7 heteroatoms. The first-order chi connectivity index (χ1) is 8.87. The van der Waals surface area contributed by atoms with Gasteiger partial charge in [-0.25, -0.2) is 12.8 Å². The molecule has 1 aromatic rings. The summed E-state index contributed by atoms with van der Waals surface area (Å²) in [6.07, 6.45) is 2.52. The van der Waals surface area contributed by atoms with E-state index in [2.05, 4.69) is 4.72 Å². The van der Waals surface area contributed by atoms with Crippen LogP contribution in [0.4, 0.5) is 4.39 Å². The maximum atomic E-state index is 13.6. The smallest absolute Gasteiger partial charge is 0.244 e. The van der Waals surface area contributed by atoms with Crippen LogP contribution in [0.3, 0.4) is 0 Å². The highest BCUT2D eigenvalue weighted by molar-refractivity contribution is 7.89. The van der Waals surface area contributed by atoms with Crippen LogP contribution in [-0.4, -0.2) is 19.8 Å². The summed E-state index contributed by atoms with van der Waals surface area (Å²) < 4.78 is 40.4. The zero-order chi connectivity index (χ0) is 14.1. The van der Waals surface area contributed by atoms with Crippen LogP contribution >= 0.6 is 0 Å². The molecule has 1 fully saturated rings. The Hall–Kier alpha value is -1.47. The summed E-state index contributed by atoms with van der Waals surface area (Å²) in [7, 11) is -4.02. The standard InChI is InChI=1S/C12H16FN3O2S/c13-9-5-1-2-6-10(9)19(17,18)16-12(11(14)15)7-3-4-8-12/h1-2,5-6,16H,3-4,7-8H2,(H3,14,15). The molecule has 0 aliphatic heterocycles. The van der Waals surface area contributed by atoms with Gasteiger partial charge in [-0.05, 0) is 25.0 Å². The Morgan fingerprint density at radius 3 is 2.42 bits per heavy atom. The van der Waals surface area contributed by atoms with E-state index in [-0.39, 0.29) is 5.84 Å². The van der Waals surface area contributed by atoms with Crippen molar-refractivity contribution in [1.82, 2.24) is 4.72 Å². The number of hydrogen-bond acceptors (Lipinski definition) is 3. The van der Waals surface area contributed by atoms with Crippen LogP contribution in [0.2, 0.25) is 0 Å². The minimum Gasteiger partial charge on any atom is -0.386 e. The molecule has 1 saturated carbocycles. The number of nitrogens with one attached hydrogen (secondary N) is 2. The average Bonchev–Trinajstić information content (AvgIpc) is 2.78. The molecular weight excluding hydrogens is 269 g/mol. The largest absolute Gasteiger partial charge is 0.386 e. The quantitative estimate of drug-likeness (QED) is 0.575. The number of nitrogens with two attached hydrogens (primary N) is 1. The monoisotopic (exact) mass is 285 g/mol. The highest BCUT2D eigenvalue weighted by atomic mass is 32.2. The molecule has 0 aromatic heterocycles. The molecule has 0 heterocycles. The van der Waals surface area contributed by atoms with Gasteiger partial charge in [0.1, 0.15) is 16.5 Å². The van der Waals surface area contributed by atoms with Crippen molar-refractivity contribution in [3.05, 3.63) is 30.1 Å². The molecule has 0 radical (unpaired) electrons. The van der Waals surface area contributed by atoms with Crippen molar-refractivity contribution in [3.8, 4) is 0 Å². The molecular formula is C12H16FN3O2S. The van der Waals surface area contributed by atoms with Gasteiger partial charge in [0, 0.05) is 0 Å². The van der Waals surface area contributed by atoms with E-state index in [1.165, 1.54) is 18.2 Å². The zero-order valence-electron chi connectivity index (χ0n) is 10.3. The second kappa shape index (κ2) is 4.90. The molecule has 0 unspecified atom stereocenters. The lowest BCUT2D eigenvalue weighted by Crippen LogP contribution is -2.55. The van der Waals surface area contributed by atoms with Gasteiger partial charge in [-0.2, -0.15) is 4.72 Å². The highest BCUT2D eigenvalue weighted by Gasteiger charge is 2.41. The van der Waals surface area contributed by atoms with E-state index in [0.29, 0.717) is 12.8 Å². The summed E-state index contributed by atoms with van der Waals surface area (Å²) in [6.45, 7) is 0. The van der Waals surface area contributed by atoms with Gasteiger partial charge >= 0.3 is 0 Å². The van der Waals surface area contributed by atoms with Gasteiger partial charge in [0.05, 0.1) is 5.54 Å². The van der Waals surface area contributed by atoms with Gasteiger partial charge in [0.2, 0.25) is 10.0 Å². The third-order valence-corrected chi connectivity index (χ3v) is 5.00. The Bertz CT molecular complexity index is 595. The fourth-order valence-electron chi connectivity index (χ4n) is 2.38. The first-order valence-corrected chi connectivity index (χ1v) is 7.49. The molecule has 1 aliphatic rings. The van der Waals surface area contributed by atoms with E-state index in [1.54, 1.807) is 0 Å². The average molecular weight is 285 g/mol. The fraction of sp³-hybridized carbons (Fsp3) is 0.417. The first-order valence-electron chi connectivity index (χ1n) is 6.00. The molecule has 104 valence electrons. The van der Waals surface area contributed by atoms with Crippen LogP contribution in [0.25, 0.3) is 0 Å². The van der Waals surface area contributed by atoms with Crippen molar-refractivity contribution in [2.75, 3.05) is 0 Å². The van der Waals surface area contributed by atoms with Crippen LogP contribution < -0.4 is 10.5 Å². The summed E-state index contributed by atoms with van der Waals surface area (Å²) in [6, 6.07) is 5.15. The first kappa shape index (κ1) is 14.0. The normalized spacial score (nSPS) is 18.4. The zero-order valence-corrected chi connectivity index (χ0v) is 11.1. The van der Waals surface area contributed by atoms with Crippen LogP contribution in [0, 0.1) is 11.2 Å². The third-order valence-electron chi connectivity index (χ3n) is 3.43. The van der Waals surface area contributed by atoms with Crippen molar-refractivity contribution in [3.63, 3.8) is 0 Å². The van der Waals surface area contributed by atoms with Crippen molar-refractivity contribution in [2.45, 2.75) is 36.1 Å². The Morgan fingerprint density at radius 2 is 1.89 bits per heavy atom. The number of benzene rings is 1. The lowest BCUT2D eigenvalue weighted by molar-refractivity contribution is 0.490. The van der Waals surface area contributed by atoms with Gasteiger partial charge in [-0.1, -0.05) is 25.0 Å². The molecule has 2 rings (SSSR count). The molecule has 5 nitrogen and oxygen atoms in total. The van der Waals surface area contributed by atoms with Crippen LogP contribution in [0.5, 0.6) is 0 Å². The van der Waals surface area contributed by atoms with Crippen molar-refractivity contribution in [2.24, 2.45) is 5.73 Å². The maximum absolute atomic E-state index is 13.6. The molecule has 19 heavy (non-hydrogen) atoms. The molecule has 0 amide bonds. The van der Waals surface area contributed by atoms with Crippen molar-refractivity contribution in [1.29, 1.82) is 5.41 Å². The number of amidine groups is 1. The van der Waals surface area contributed by atoms with Gasteiger partial charge in [0.25, 0.3) is 0 Å². The van der Waals surface area contributed by atoms with Gasteiger partial charge in [-0.3, -0.25) is 5.41 Å². The second-order valence-electron chi connectivity index (χ2n) is 4.74. The van der Waals surface area contributed by atoms with Gasteiger partial charge < -0.3 is 5.73 Å². The topological polar surface area (TPSA) is 96.0 Å². The minimum absolute atomic E-state index is 0.218. The number of rotatable bonds is 4. The summed E-state index contributed by atoms with van der Waals surface area (Å²) in [5.74, 6) is -1.03. The Kier molecular flexibility index (Phi) is 3.60. The molecule has 0 atom stereocenters. The van der Waals surface area contributed by atoms with Crippen LogP contribution in [0.15, 0.2) is 29.2 Å². The highest BCUT2D eigenvalue weighted by Crippen LogP contribution is 2.31. The number of halogens is 1.